The maximum absolute atomic E-state index is 13.9. The summed E-state index contributed by atoms with van der Waals surface area (Å²) in [6, 6.07) is 0. The molecule has 10 atom stereocenters. The Balaban J connectivity index is 1.47. The average molecular weight is 525 g/mol. The maximum Gasteiger partial charge on any atom is 0.330 e. The fourth-order valence-corrected chi connectivity index (χ4v) is 11.7. The molecule has 5 aliphatic rings. The van der Waals surface area contributed by atoms with E-state index in [1.54, 1.807) is 13.0 Å². The van der Waals surface area contributed by atoms with Crippen LogP contribution in [0.15, 0.2) is 24.3 Å². The van der Waals surface area contributed by atoms with Gasteiger partial charge in [0.05, 0.1) is 12.7 Å². The predicted octanol–water partition coefficient (Wildman–Crippen LogP) is 7.30. The minimum Gasteiger partial charge on any atom is -0.463 e. The zero-order valence-electron chi connectivity index (χ0n) is 24.9. The Morgan fingerprint density at radius 1 is 0.895 bits per heavy atom. The van der Waals surface area contributed by atoms with Crippen molar-refractivity contribution in [2.24, 2.45) is 57.2 Å². The first-order chi connectivity index (χ1) is 17.8. The molecule has 0 amide bonds. The van der Waals surface area contributed by atoms with Crippen LogP contribution in [0.4, 0.5) is 0 Å². The van der Waals surface area contributed by atoms with E-state index in [9.17, 15) is 14.7 Å². The number of esters is 1. The van der Waals surface area contributed by atoms with Crippen LogP contribution in [0, 0.1) is 57.2 Å². The standard InChI is InChI=1S/C34H52O4/c1-8-38-29(37)12-11-28(36)34-19-13-22(21(2)3)30(34)23-9-10-26-32(6,24(23)14-20-34)17-15-25-31(4,5)27(35)16-18-33(25,26)7/h11-12,22-27,30,35H,2,8-10,13-20H2,1,3-7H3/t22-,23?,24?,25?,26?,27+,30?,32-,33-,34+/m0/s1. The highest BCUT2D eigenvalue weighted by Gasteiger charge is 2.67. The van der Waals surface area contributed by atoms with Gasteiger partial charge in [0.15, 0.2) is 5.78 Å². The highest BCUT2D eigenvalue weighted by molar-refractivity contribution is 5.99. The maximum atomic E-state index is 13.9. The normalized spacial score (nSPS) is 47.4. The van der Waals surface area contributed by atoms with E-state index < -0.39 is 5.97 Å². The summed E-state index contributed by atoms with van der Waals surface area (Å²) in [4.78, 5) is 25.9. The van der Waals surface area contributed by atoms with Crippen molar-refractivity contribution in [1.29, 1.82) is 0 Å². The smallest absolute Gasteiger partial charge is 0.330 e. The highest BCUT2D eigenvalue weighted by atomic mass is 16.5. The second-order valence-corrected chi connectivity index (χ2v) is 15.0. The first-order valence-corrected chi connectivity index (χ1v) is 15.6. The van der Waals surface area contributed by atoms with Gasteiger partial charge in [-0.05, 0) is 136 Å². The van der Waals surface area contributed by atoms with Crippen molar-refractivity contribution in [3.63, 3.8) is 0 Å². The van der Waals surface area contributed by atoms with Crippen LogP contribution in [0.5, 0.6) is 0 Å². The lowest BCUT2D eigenvalue weighted by Gasteiger charge is -2.69. The molecule has 212 valence electrons. The molecule has 0 spiro atoms. The van der Waals surface area contributed by atoms with E-state index in [2.05, 4.69) is 41.2 Å². The number of hydrogen-bond acceptors (Lipinski definition) is 4. The summed E-state index contributed by atoms with van der Waals surface area (Å²) in [7, 11) is 0. The highest BCUT2D eigenvalue weighted by Crippen LogP contribution is 2.73. The lowest BCUT2D eigenvalue weighted by atomic mass is 9.36. The lowest BCUT2D eigenvalue weighted by molar-refractivity contribution is -0.215. The second-order valence-electron chi connectivity index (χ2n) is 15.0. The number of aliphatic hydroxyl groups excluding tert-OH is 1. The summed E-state index contributed by atoms with van der Waals surface area (Å²) >= 11 is 0. The van der Waals surface area contributed by atoms with E-state index in [0.29, 0.717) is 42.1 Å². The van der Waals surface area contributed by atoms with Crippen LogP contribution < -0.4 is 0 Å². The molecule has 0 aromatic carbocycles. The number of carbonyl (C=O) groups is 2. The van der Waals surface area contributed by atoms with Crippen molar-refractivity contribution in [2.75, 3.05) is 6.61 Å². The third kappa shape index (κ3) is 3.93. The fraction of sp³-hybridized carbons (Fsp3) is 0.824. The molecule has 0 aromatic heterocycles. The Bertz CT molecular complexity index is 1010. The zero-order chi connectivity index (χ0) is 27.7. The molecule has 5 rings (SSSR count). The number of ketones is 1. The molecule has 5 saturated carbocycles. The van der Waals surface area contributed by atoms with Crippen LogP contribution >= 0.6 is 0 Å². The van der Waals surface area contributed by atoms with Gasteiger partial charge in [-0.25, -0.2) is 4.79 Å². The molecule has 0 radical (unpaired) electrons. The molecule has 5 unspecified atom stereocenters. The van der Waals surface area contributed by atoms with Crippen molar-refractivity contribution in [1.82, 2.24) is 0 Å². The minimum absolute atomic E-state index is 0.0267. The third-order valence-corrected chi connectivity index (χ3v) is 13.3. The van der Waals surface area contributed by atoms with Crippen LogP contribution in [0.2, 0.25) is 0 Å². The minimum atomic E-state index is -0.421. The number of aliphatic hydroxyl groups is 1. The third-order valence-electron chi connectivity index (χ3n) is 13.3. The number of rotatable bonds is 5. The molecule has 4 heteroatoms. The average Bonchev–Trinajstić information content (AvgIpc) is 3.27. The number of ether oxygens (including phenoxy) is 1. The molecule has 1 N–H and O–H groups in total. The fourth-order valence-electron chi connectivity index (χ4n) is 11.7. The molecule has 4 nitrogen and oxygen atoms in total. The van der Waals surface area contributed by atoms with Gasteiger partial charge in [-0.1, -0.05) is 39.8 Å². The van der Waals surface area contributed by atoms with Crippen molar-refractivity contribution in [3.05, 3.63) is 24.3 Å². The summed E-state index contributed by atoms with van der Waals surface area (Å²) < 4.78 is 5.07. The Labute approximate surface area is 231 Å². The Morgan fingerprint density at radius 2 is 1.58 bits per heavy atom. The molecule has 0 bridgehead atoms. The molecule has 0 aromatic rings. The van der Waals surface area contributed by atoms with Crippen molar-refractivity contribution in [2.45, 2.75) is 112 Å². The van der Waals surface area contributed by atoms with E-state index in [1.807, 2.05) is 0 Å². The first-order valence-electron chi connectivity index (χ1n) is 15.6. The van der Waals surface area contributed by atoms with Gasteiger partial charge in [0, 0.05) is 11.5 Å². The number of carbonyl (C=O) groups excluding carboxylic acids is 2. The van der Waals surface area contributed by atoms with Crippen LogP contribution in [-0.2, 0) is 14.3 Å². The van der Waals surface area contributed by atoms with Gasteiger partial charge in [0.25, 0.3) is 0 Å². The Morgan fingerprint density at radius 3 is 2.26 bits per heavy atom. The topological polar surface area (TPSA) is 63.6 Å². The van der Waals surface area contributed by atoms with E-state index in [1.165, 1.54) is 37.3 Å². The van der Waals surface area contributed by atoms with E-state index >= 15 is 0 Å². The van der Waals surface area contributed by atoms with Gasteiger partial charge in [-0.3, -0.25) is 4.79 Å². The first kappa shape index (κ1) is 28.1. The van der Waals surface area contributed by atoms with Crippen LogP contribution in [0.3, 0.4) is 0 Å². The monoisotopic (exact) mass is 524 g/mol. The van der Waals surface area contributed by atoms with Crippen molar-refractivity contribution < 1.29 is 19.4 Å². The van der Waals surface area contributed by atoms with E-state index in [-0.39, 0.29) is 33.5 Å². The molecule has 0 aliphatic heterocycles. The zero-order valence-corrected chi connectivity index (χ0v) is 24.9. The van der Waals surface area contributed by atoms with Gasteiger partial charge >= 0.3 is 5.97 Å². The van der Waals surface area contributed by atoms with Gasteiger partial charge in [-0.15, -0.1) is 0 Å². The SMILES string of the molecule is C=C(C)[C@@H]1CC[C@]2(C(=O)C=CC(=O)OCC)CCC3C(CCC4[C@@]3(C)CCC3C(C)(C)[C@H](O)CC[C@@]34C)C12. The van der Waals surface area contributed by atoms with Crippen molar-refractivity contribution >= 4 is 11.8 Å². The molecule has 5 fully saturated rings. The summed E-state index contributed by atoms with van der Waals surface area (Å²) in [5, 5.41) is 10.9. The summed E-state index contributed by atoms with van der Waals surface area (Å²) in [6.45, 7) is 18.5. The number of allylic oxidation sites excluding steroid dienone is 2. The predicted molar refractivity (Wildman–Crippen MR) is 151 cm³/mol. The summed E-state index contributed by atoms with van der Waals surface area (Å²) in [6.07, 6.45) is 13.6. The van der Waals surface area contributed by atoms with Gasteiger partial charge < -0.3 is 9.84 Å². The molecule has 0 heterocycles. The quantitative estimate of drug-likeness (QED) is 0.233. The molecule has 5 aliphatic carbocycles. The van der Waals surface area contributed by atoms with Crippen LogP contribution in [0.25, 0.3) is 0 Å². The number of fused-ring (bicyclic) bond motifs is 7. The summed E-state index contributed by atoms with van der Waals surface area (Å²) in [5.41, 5.74) is 1.39. The van der Waals surface area contributed by atoms with Gasteiger partial charge in [0.1, 0.15) is 0 Å². The molecular weight excluding hydrogens is 472 g/mol. The van der Waals surface area contributed by atoms with E-state index in [0.717, 1.165) is 38.5 Å². The second kappa shape index (κ2) is 9.60. The Hall–Kier alpha value is -1.42. The van der Waals surface area contributed by atoms with Gasteiger partial charge in [0.2, 0.25) is 0 Å². The molecule has 0 saturated heterocycles. The number of hydrogen-bond donors (Lipinski definition) is 1. The Kier molecular flexibility index (Phi) is 7.10. The largest absolute Gasteiger partial charge is 0.463 e. The summed E-state index contributed by atoms with van der Waals surface area (Å²) in [5.74, 6) is 2.85. The molecule has 38 heavy (non-hydrogen) atoms. The van der Waals surface area contributed by atoms with E-state index in [4.69, 9.17) is 4.74 Å². The molecular formula is C34H52O4. The van der Waals surface area contributed by atoms with Crippen LogP contribution in [-0.4, -0.2) is 29.6 Å². The van der Waals surface area contributed by atoms with Crippen LogP contribution in [0.1, 0.15) is 106 Å². The lowest BCUT2D eigenvalue weighted by Crippen LogP contribution is -2.63. The van der Waals surface area contributed by atoms with Gasteiger partial charge in [-0.2, -0.15) is 0 Å². The van der Waals surface area contributed by atoms with Crippen molar-refractivity contribution in [3.8, 4) is 0 Å².